The average Bonchev–Trinajstić information content (AvgIpc) is 2.98. The number of methoxy groups -OCH3 is 1. The van der Waals surface area contributed by atoms with Gasteiger partial charge >= 0.3 is 0 Å². The first-order valence-corrected chi connectivity index (χ1v) is 8.93. The SMILES string of the molecule is COc1ccc(CNC(C)C)cc1CSCC1CCCO1. The van der Waals surface area contributed by atoms with Gasteiger partial charge in [0.05, 0.1) is 13.2 Å². The third-order valence-electron chi connectivity index (χ3n) is 3.64. The third kappa shape index (κ3) is 5.53. The summed E-state index contributed by atoms with van der Waals surface area (Å²) in [5.74, 6) is 3.05. The van der Waals surface area contributed by atoms with E-state index in [1.807, 2.05) is 11.8 Å². The Kier molecular flexibility index (Phi) is 6.87. The van der Waals surface area contributed by atoms with Gasteiger partial charge in [-0.1, -0.05) is 19.9 Å². The molecule has 1 aromatic carbocycles. The van der Waals surface area contributed by atoms with Crippen LogP contribution in [0.2, 0.25) is 0 Å². The van der Waals surface area contributed by atoms with Crippen LogP contribution >= 0.6 is 11.8 Å². The maximum atomic E-state index is 5.67. The van der Waals surface area contributed by atoms with Gasteiger partial charge in [0.2, 0.25) is 0 Å². The number of ether oxygens (including phenoxy) is 2. The van der Waals surface area contributed by atoms with Gasteiger partial charge < -0.3 is 14.8 Å². The van der Waals surface area contributed by atoms with Gasteiger partial charge in [0, 0.05) is 36.3 Å². The topological polar surface area (TPSA) is 30.5 Å². The van der Waals surface area contributed by atoms with Gasteiger partial charge in [0.25, 0.3) is 0 Å². The van der Waals surface area contributed by atoms with E-state index in [4.69, 9.17) is 9.47 Å². The Morgan fingerprint density at radius 1 is 1.43 bits per heavy atom. The smallest absolute Gasteiger partial charge is 0.122 e. The van der Waals surface area contributed by atoms with Crippen molar-refractivity contribution in [2.45, 2.75) is 51.1 Å². The van der Waals surface area contributed by atoms with E-state index in [1.165, 1.54) is 24.0 Å². The van der Waals surface area contributed by atoms with Crippen LogP contribution in [0.25, 0.3) is 0 Å². The van der Waals surface area contributed by atoms with E-state index in [2.05, 4.69) is 37.4 Å². The Labute approximate surface area is 132 Å². The molecule has 118 valence electrons. The minimum Gasteiger partial charge on any atom is -0.496 e. The lowest BCUT2D eigenvalue weighted by Crippen LogP contribution is -2.21. The number of hydrogen-bond acceptors (Lipinski definition) is 4. The minimum atomic E-state index is 0.451. The number of nitrogens with one attached hydrogen (secondary N) is 1. The summed E-state index contributed by atoms with van der Waals surface area (Å²) in [5, 5.41) is 3.46. The van der Waals surface area contributed by atoms with E-state index in [-0.39, 0.29) is 0 Å². The van der Waals surface area contributed by atoms with Crippen LogP contribution in [-0.2, 0) is 17.0 Å². The fraction of sp³-hybridized carbons (Fsp3) is 0.647. The fourth-order valence-corrected chi connectivity index (χ4v) is 3.54. The lowest BCUT2D eigenvalue weighted by Gasteiger charge is -2.14. The number of hydrogen-bond donors (Lipinski definition) is 1. The van der Waals surface area contributed by atoms with Crippen molar-refractivity contribution in [2.24, 2.45) is 0 Å². The molecule has 1 heterocycles. The van der Waals surface area contributed by atoms with Crippen molar-refractivity contribution in [1.29, 1.82) is 0 Å². The van der Waals surface area contributed by atoms with E-state index >= 15 is 0 Å². The first-order valence-electron chi connectivity index (χ1n) is 7.77. The summed E-state index contributed by atoms with van der Waals surface area (Å²) in [6.45, 7) is 6.18. The molecule has 0 saturated carbocycles. The highest BCUT2D eigenvalue weighted by molar-refractivity contribution is 7.98. The van der Waals surface area contributed by atoms with Gasteiger partial charge in [0.15, 0.2) is 0 Å². The molecule has 1 aliphatic rings. The maximum Gasteiger partial charge on any atom is 0.122 e. The Hall–Kier alpha value is -0.710. The average molecular weight is 309 g/mol. The highest BCUT2D eigenvalue weighted by atomic mass is 32.2. The molecule has 0 radical (unpaired) electrons. The first kappa shape index (κ1) is 16.7. The molecule has 1 unspecified atom stereocenters. The van der Waals surface area contributed by atoms with Crippen LogP contribution in [0.4, 0.5) is 0 Å². The second-order valence-electron chi connectivity index (χ2n) is 5.83. The Bertz CT molecular complexity index is 431. The Morgan fingerprint density at radius 3 is 2.95 bits per heavy atom. The Balaban J connectivity index is 1.89. The predicted molar refractivity (Wildman–Crippen MR) is 90.1 cm³/mol. The second kappa shape index (κ2) is 8.66. The van der Waals surface area contributed by atoms with Crippen molar-refractivity contribution in [3.63, 3.8) is 0 Å². The highest BCUT2D eigenvalue weighted by Crippen LogP contribution is 2.26. The maximum absolute atomic E-state index is 5.67. The first-order chi connectivity index (χ1) is 10.2. The van der Waals surface area contributed by atoms with Crippen molar-refractivity contribution >= 4 is 11.8 Å². The van der Waals surface area contributed by atoms with E-state index in [0.717, 1.165) is 30.4 Å². The van der Waals surface area contributed by atoms with Crippen LogP contribution in [0.3, 0.4) is 0 Å². The summed E-state index contributed by atoms with van der Waals surface area (Å²) in [6, 6.07) is 6.99. The van der Waals surface area contributed by atoms with Gasteiger partial charge in [0.1, 0.15) is 5.75 Å². The van der Waals surface area contributed by atoms with Gasteiger partial charge in [-0.25, -0.2) is 0 Å². The molecular formula is C17H27NO2S. The van der Waals surface area contributed by atoms with Crippen LogP contribution in [0.1, 0.15) is 37.8 Å². The summed E-state index contributed by atoms with van der Waals surface area (Å²) in [4.78, 5) is 0. The van der Waals surface area contributed by atoms with Crippen LogP contribution in [-0.4, -0.2) is 31.6 Å². The molecule has 0 aromatic heterocycles. The largest absolute Gasteiger partial charge is 0.496 e. The molecule has 3 nitrogen and oxygen atoms in total. The van der Waals surface area contributed by atoms with Gasteiger partial charge in [-0.2, -0.15) is 11.8 Å². The van der Waals surface area contributed by atoms with Crippen LogP contribution < -0.4 is 10.1 Å². The molecule has 0 amide bonds. The fourth-order valence-electron chi connectivity index (χ4n) is 2.45. The summed E-state index contributed by atoms with van der Waals surface area (Å²) >= 11 is 1.94. The van der Waals surface area contributed by atoms with E-state index in [9.17, 15) is 0 Å². The third-order valence-corrected chi connectivity index (χ3v) is 4.77. The molecule has 21 heavy (non-hydrogen) atoms. The van der Waals surface area contributed by atoms with Gasteiger partial charge in [-0.3, -0.25) is 0 Å². The molecular weight excluding hydrogens is 282 g/mol. The van der Waals surface area contributed by atoms with Crippen LogP contribution in [0, 0.1) is 0 Å². The zero-order valence-corrected chi connectivity index (χ0v) is 14.2. The van der Waals surface area contributed by atoms with Crippen molar-refractivity contribution in [1.82, 2.24) is 5.32 Å². The molecule has 0 aliphatic carbocycles. The molecule has 0 spiro atoms. The Morgan fingerprint density at radius 2 is 2.29 bits per heavy atom. The van der Waals surface area contributed by atoms with Crippen molar-refractivity contribution in [3.05, 3.63) is 29.3 Å². The van der Waals surface area contributed by atoms with E-state index in [1.54, 1.807) is 7.11 Å². The van der Waals surface area contributed by atoms with Crippen LogP contribution in [0.5, 0.6) is 5.75 Å². The summed E-state index contributed by atoms with van der Waals surface area (Å²) < 4.78 is 11.2. The second-order valence-corrected chi connectivity index (χ2v) is 6.86. The molecule has 1 aromatic rings. The molecule has 1 N–H and O–H groups in total. The van der Waals surface area contributed by atoms with Gasteiger partial charge in [-0.05, 0) is 30.5 Å². The van der Waals surface area contributed by atoms with Crippen molar-refractivity contribution in [2.75, 3.05) is 19.5 Å². The standard InChI is InChI=1S/C17H27NO2S/c1-13(2)18-10-14-6-7-17(19-3)15(9-14)11-21-12-16-5-4-8-20-16/h6-7,9,13,16,18H,4-5,8,10-12H2,1-3H3. The number of benzene rings is 1. The molecule has 2 rings (SSSR count). The van der Waals surface area contributed by atoms with Crippen molar-refractivity contribution < 1.29 is 9.47 Å². The molecule has 0 bridgehead atoms. The molecule has 1 aliphatic heterocycles. The summed E-state index contributed by atoms with van der Waals surface area (Å²) in [6.07, 6.45) is 2.87. The number of rotatable bonds is 8. The summed E-state index contributed by atoms with van der Waals surface area (Å²) in [7, 11) is 1.75. The molecule has 1 atom stereocenters. The lowest BCUT2D eigenvalue weighted by atomic mass is 10.1. The minimum absolute atomic E-state index is 0.451. The molecule has 4 heteroatoms. The van der Waals surface area contributed by atoms with Gasteiger partial charge in [-0.15, -0.1) is 0 Å². The predicted octanol–water partition coefficient (Wildman–Crippen LogP) is 3.61. The quantitative estimate of drug-likeness (QED) is 0.795. The molecule has 1 fully saturated rings. The van der Waals surface area contributed by atoms with E-state index < -0.39 is 0 Å². The zero-order chi connectivity index (χ0) is 15.1. The van der Waals surface area contributed by atoms with E-state index in [0.29, 0.717) is 12.1 Å². The lowest BCUT2D eigenvalue weighted by molar-refractivity contribution is 0.129. The zero-order valence-electron chi connectivity index (χ0n) is 13.4. The number of thioether (sulfide) groups is 1. The summed E-state index contributed by atoms with van der Waals surface area (Å²) in [5.41, 5.74) is 2.60. The highest BCUT2D eigenvalue weighted by Gasteiger charge is 2.15. The van der Waals surface area contributed by atoms with Crippen LogP contribution in [0.15, 0.2) is 18.2 Å². The molecule has 1 saturated heterocycles. The monoisotopic (exact) mass is 309 g/mol. The normalized spacial score (nSPS) is 18.4. The van der Waals surface area contributed by atoms with Crippen molar-refractivity contribution in [3.8, 4) is 5.75 Å².